The zero-order valence-electron chi connectivity index (χ0n) is 15.3. The largest absolute Gasteiger partial charge is 0.363 e. The van der Waals surface area contributed by atoms with Crippen molar-refractivity contribution < 1.29 is 9.53 Å². The predicted octanol–water partition coefficient (Wildman–Crippen LogP) is 4.21. The molecule has 1 aliphatic rings. The number of hydrogen-bond donors (Lipinski definition) is 2. The Morgan fingerprint density at radius 2 is 2.08 bits per heavy atom. The minimum absolute atomic E-state index is 0.145. The van der Waals surface area contributed by atoms with Crippen LogP contribution in [0.25, 0.3) is 0 Å². The van der Waals surface area contributed by atoms with Crippen molar-refractivity contribution in [2.24, 2.45) is 0 Å². The van der Waals surface area contributed by atoms with Crippen molar-refractivity contribution in [1.29, 1.82) is 0 Å². The summed E-state index contributed by atoms with van der Waals surface area (Å²) in [7, 11) is 0. The smallest absolute Gasteiger partial charge is 0.251 e. The van der Waals surface area contributed by atoms with Crippen LogP contribution >= 0.6 is 0 Å². The van der Waals surface area contributed by atoms with E-state index in [0.717, 1.165) is 29.8 Å². The van der Waals surface area contributed by atoms with E-state index >= 15 is 0 Å². The summed E-state index contributed by atoms with van der Waals surface area (Å²) in [6.07, 6.45) is 17.2. The second kappa shape index (κ2) is 12.5. The van der Waals surface area contributed by atoms with Crippen molar-refractivity contribution in [2.45, 2.75) is 19.3 Å². The minimum atomic E-state index is -0.145. The topological polar surface area (TPSA) is 50.4 Å². The van der Waals surface area contributed by atoms with E-state index < -0.39 is 0 Å². The Hall–Kier alpha value is -2.85. The lowest BCUT2D eigenvalue weighted by atomic mass is 10.1. The SMILES string of the molecule is C=C/C=C\C(=C)NCOCC(=C)C=CCC(=C)C(=O)NC1=CC=CCC1. The summed E-state index contributed by atoms with van der Waals surface area (Å²) in [4.78, 5) is 12.1. The molecule has 0 spiro atoms. The number of hydrogen-bond acceptors (Lipinski definition) is 3. The highest BCUT2D eigenvalue weighted by atomic mass is 16.5. The van der Waals surface area contributed by atoms with Crippen LogP contribution < -0.4 is 10.6 Å². The molecule has 0 radical (unpaired) electrons. The molecule has 0 atom stereocenters. The van der Waals surface area contributed by atoms with E-state index in [-0.39, 0.29) is 5.91 Å². The van der Waals surface area contributed by atoms with Gasteiger partial charge in [0.25, 0.3) is 5.91 Å². The fourth-order valence-corrected chi connectivity index (χ4v) is 2.02. The summed E-state index contributed by atoms with van der Waals surface area (Å²) in [5, 5.41) is 5.89. The predicted molar refractivity (Wildman–Crippen MR) is 109 cm³/mol. The standard InChI is InChI=1S/C22H28N2O2/c1-5-6-13-20(4)23-17-26-16-18(2)11-10-12-19(3)22(25)24-21-14-8-7-9-15-21/h5-8,10-11,13-14,23H,1-4,9,12,15-17H2,(H,24,25)/b11-10?,13-6-. The van der Waals surface area contributed by atoms with Gasteiger partial charge in [0.15, 0.2) is 0 Å². The van der Waals surface area contributed by atoms with Crippen molar-refractivity contribution in [1.82, 2.24) is 10.6 Å². The Morgan fingerprint density at radius 1 is 1.27 bits per heavy atom. The molecule has 4 heteroatoms. The number of amides is 1. The highest BCUT2D eigenvalue weighted by molar-refractivity contribution is 5.94. The molecule has 2 N–H and O–H groups in total. The molecule has 1 amide bonds. The van der Waals surface area contributed by atoms with Crippen LogP contribution in [-0.2, 0) is 9.53 Å². The fourth-order valence-electron chi connectivity index (χ4n) is 2.02. The lowest BCUT2D eigenvalue weighted by molar-refractivity contribution is -0.116. The van der Waals surface area contributed by atoms with E-state index in [9.17, 15) is 4.79 Å². The molecule has 1 rings (SSSR count). The van der Waals surface area contributed by atoms with Gasteiger partial charge in [0.1, 0.15) is 6.73 Å². The molecule has 0 bridgehead atoms. The Morgan fingerprint density at radius 3 is 2.77 bits per heavy atom. The first kappa shape index (κ1) is 21.2. The summed E-state index contributed by atoms with van der Waals surface area (Å²) >= 11 is 0. The van der Waals surface area contributed by atoms with Crippen LogP contribution in [0.2, 0.25) is 0 Å². The molecule has 4 nitrogen and oxygen atoms in total. The van der Waals surface area contributed by atoms with Crippen LogP contribution in [0, 0.1) is 0 Å². The molecule has 0 saturated heterocycles. The van der Waals surface area contributed by atoms with Crippen LogP contribution in [0.3, 0.4) is 0 Å². The van der Waals surface area contributed by atoms with E-state index in [4.69, 9.17) is 4.74 Å². The van der Waals surface area contributed by atoms with Crippen molar-refractivity contribution in [3.05, 3.63) is 97.5 Å². The maximum absolute atomic E-state index is 12.1. The summed E-state index contributed by atoms with van der Waals surface area (Å²) in [5.74, 6) is -0.145. The molecule has 0 saturated carbocycles. The van der Waals surface area contributed by atoms with E-state index in [1.54, 1.807) is 18.2 Å². The highest BCUT2D eigenvalue weighted by Gasteiger charge is 2.08. The lowest BCUT2D eigenvalue weighted by Gasteiger charge is -2.11. The van der Waals surface area contributed by atoms with Crippen LogP contribution in [0.1, 0.15) is 19.3 Å². The number of carbonyl (C=O) groups excluding carboxylic acids is 1. The van der Waals surface area contributed by atoms with E-state index in [2.05, 4.69) is 43.0 Å². The summed E-state index contributed by atoms with van der Waals surface area (Å²) in [5.41, 5.74) is 3.00. The van der Waals surface area contributed by atoms with Crippen molar-refractivity contribution in [2.75, 3.05) is 13.3 Å². The second-order valence-electron chi connectivity index (χ2n) is 5.77. The van der Waals surface area contributed by atoms with Gasteiger partial charge in [0.2, 0.25) is 0 Å². The van der Waals surface area contributed by atoms with Crippen molar-refractivity contribution in [3.63, 3.8) is 0 Å². The van der Waals surface area contributed by atoms with E-state index in [0.29, 0.717) is 25.3 Å². The summed E-state index contributed by atoms with van der Waals surface area (Å²) < 4.78 is 5.45. The Labute approximate surface area is 156 Å². The molecule has 0 aromatic rings. The minimum Gasteiger partial charge on any atom is -0.363 e. The normalized spacial score (nSPS) is 13.5. The van der Waals surface area contributed by atoms with Gasteiger partial charge in [-0.1, -0.05) is 62.8 Å². The zero-order chi connectivity index (χ0) is 19.2. The molecule has 138 valence electrons. The average molecular weight is 352 g/mol. The summed E-state index contributed by atoms with van der Waals surface area (Å²) in [6.45, 7) is 15.9. The fraction of sp³-hybridized carbons (Fsp3) is 0.227. The first-order valence-electron chi connectivity index (χ1n) is 8.51. The maximum atomic E-state index is 12.1. The third kappa shape index (κ3) is 9.45. The van der Waals surface area contributed by atoms with Gasteiger partial charge in [-0.3, -0.25) is 4.79 Å². The number of ether oxygens (including phenoxy) is 1. The number of nitrogens with one attached hydrogen (secondary N) is 2. The molecule has 0 aromatic carbocycles. The number of carbonyl (C=O) groups is 1. The van der Waals surface area contributed by atoms with Gasteiger partial charge in [0, 0.05) is 17.0 Å². The zero-order valence-corrected chi connectivity index (χ0v) is 15.3. The lowest BCUT2D eigenvalue weighted by Crippen LogP contribution is -2.24. The molecular formula is C22H28N2O2. The van der Waals surface area contributed by atoms with Crippen LogP contribution in [0.4, 0.5) is 0 Å². The Bertz CT molecular complexity index is 664. The quantitative estimate of drug-likeness (QED) is 0.239. The second-order valence-corrected chi connectivity index (χ2v) is 5.77. The molecule has 1 aliphatic carbocycles. The van der Waals surface area contributed by atoms with E-state index in [1.807, 2.05) is 24.3 Å². The first-order chi connectivity index (χ1) is 12.5. The van der Waals surface area contributed by atoms with Crippen LogP contribution in [0.15, 0.2) is 97.5 Å². The highest BCUT2D eigenvalue weighted by Crippen LogP contribution is 2.10. The average Bonchev–Trinajstić information content (AvgIpc) is 2.64. The molecule has 0 aliphatic heterocycles. The third-order valence-corrected chi connectivity index (χ3v) is 3.45. The van der Waals surface area contributed by atoms with Crippen molar-refractivity contribution >= 4 is 5.91 Å². The van der Waals surface area contributed by atoms with Gasteiger partial charge in [-0.2, -0.15) is 0 Å². The maximum Gasteiger partial charge on any atom is 0.251 e. The van der Waals surface area contributed by atoms with Gasteiger partial charge in [-0.05, 0) is 37.0 Å². The van der Waals surface area contributed by atoms with Gasteiger partial charge < -0.3 is 15.4 Å². The van der Waals surface area contributed by atoms with Crippen LogP contribution in [0.5, 0.6) is 0 Å². The Kier molecular flexibility index (Phi) is 10.2. The monoisotopic (exact) mass is 352 g/mol. The molecule has 26 heavy (non-hydrogen) atoms. The molecule has 0 aromatic heterocycles. The van der Waals surface area contributed by atoms with E-state index in [1.165, 1.54) is 0 Å². The first-order valence-corrected chi connectivity index (χ1v) is 8.51. The Balaban J connectivity index is 2.21. The van der Waals surface area contributed by atoms with Crippen molar-refractivity contribution in [3.8, 4) is 0 Å². The summed E-state index contributed by atoms with van der Waals surface area (Å²) in [6, 6.07) is 0. The molecule has 0 heterocycles. The molecule has 0 fully saturated rings. The third-order valence-electron chi connectivity index (χ3n) is 3.45. The van der Waals surface area contributed by atoms with Gasteiger partial charge in [0.05, 0.1) is 6.61 Å². The van der Waals surface area contributed by atoms with Gasteiger partial charge in [-0.25, -0.2) is 0 Å². The van der Waals surface area contributed by atoms with Crippen LogP contribution in [-0.4, -0.2) is 19.2 Å². The number of rotatable bonds is 12. The van der Waals surface area contributed by atoms with Gasteiger partial charge in [-0.15, -0.1) is 0 Å². The van der Waals surface area contributed by atoms with Gasteiger partial charge >= 0.3 is 0 Å². The molecule has 0 unspecified atom stereocenters. The molecular weight excluding hydrogens is 324 g/mol. The number of allylic oxidation sites excluding steroid dienone is 8.